The normalized spacial score (nSPS) is 26.7. The summed E-state index contributed by atoms with van der Waals surface area (Å²) < 4.78 is 37.4. The Labute approximate surface area is 92.1 Å². The van der Waals surface area contributed by atoms with E-state index < -0.39 is 18.1 Å². The van der Waals surface area contributed by atoms with Gasteiger partial charge in [0.15, 0.2) is 0 Å². The van der Waals surface area contributed by atoms with Crippen LogP contribution in [0.1, 0.15) is 13.3 Å². The number of halogens is 3. The zero-order chi connectivity index (χ0) is 12.5. The van der Waals surface area contributed by atoms with E-state index in [2.05, 4.69) is 6.58 Å². The van der Waals surface area contributed by atoms with Crippen LogP contribution >= 0.6 is 0 Å². The molecule has 1 rings (SSSR count). The molecule has 6 heteroatoms. The zero-order valence-corrected chi connectivity index (χ0v) is 9.05. The molecule has 0 spiro atoms. The van der Waals surface area contributed by atoms with Crippen LogP contribution in [-0.2, 0) is 4.79 Å². The predicted octanol–water partition coefficient (Wildman–Crippen LogP) is 1.30. The number of rotatable bonds is 1. The smallest absolute Gasteiger partial charge is 0.337 e. The Morgan fingerprint density at radius 3 is 2.44 bits per heavy atom. The van der Waals surface area contributed by atoms with E-state index in [4.69, 9.17) is 5.73 Å². The molecular weight excluding hydrogens is 221 g/mol. The van der Waals surface area contributed by atoms with Crippen molar-refractivity contribution in [3.63, 3.8) is 0 Å². The van der Waals surface area contributed by atoms with Gasteiger partial charge in [-0.15, -0.1) is 0 Å². The minimum atomic E-state index is -4.28. The van der Waals surface area contributed by atoms with Gasteiger partial charge in [-0.2, -0.15) is 13.2 Å². The maximum atomic E-state index is 12.5. The first-order valence-corrected chi connectivity index (χ1v) is 5.00. The highest BCUT2D eigenvalue weighted by Gasteiger charge is 2.46. The molecule has 0 saturated carbocycles. The summed E-state index contributed by atoms with van der Waals surface area (Å²) in [5.41, 5.74) is 5.77. The first kappa shape index (κ1) is 13.0. The highest BCUT2D eigenvalue weighted by atomic mass is 19.4. The summed E-state index contributed by atoms with van der Waals surface area (Å²) in [6, 6.07) is -1.04. The van der Waals surface area contributed by atoms with Gasteiger partial charge in [0.05, 0.1) is 5.92 Å². The minimum absolute atomic E-state index is 0.0597. The fourth-order valence-corrected chi connectivity index (χ4v) is 1.84. The van der Waals surface area contributed by atoms with Crippen LogP contribution < -0.4 is 5.73 Å². The topological polar surface area (TPSA) is 46.3 Å². The monoisotopic (exact) mass is 236 g/mol. The summed E-state index contributed by atoms with van der Waals surface area (Å²) >= 11 is 0. The minimum Gasteiger partial charge on any atom is -0.337 e. The van der Waals surface area contributed by atoms with E-state index in [1.165, 1.54) is 11.8 Å². The molecule has 16 heavy (non-hydrogen) atoms. The zero-order valence-electron chi connectivity index (χ0n) is 9.05. The van der Waals surface area contributed by atoms with Crippen LogP contribution in [0.3, 0.4) is 0 Å². The lowest BCUT2D eigenvalue weighted by Crippen LogP contribution is -2.54. The Bertz CT molecular complexity index is 301. The molecule has 3 nitrogen and oxygen atoms in total. The number of amides is 1. The maximum absolute atomic E-state index is 12.5. The lowest BCUT2D eigenvalue weighted by atomic mass is 9.91. The van der Waals surface area contributed by atoms with Crippen molar-refractivity contribution in [1.29, 1.82) is 0 Å². The highest BCUT2D eigenvalue weighted by molar-refractivity contribution is 5.92. The van der Waals surface area contributed by atoms with Gasteiger partial charge < -0.3 is 10.6 Å². The van der Waals surface area contributed by atoms with E-state index >= 15 is 0 Å². The predicted molar refractivity (Wildman–Crippen MR) is 53.5 cm³/mol. The maximum Gasteiger partial charge on any atom is 0.393 e. The molecule has 0 aromatic rings. The van der Waals surface area contributed by atoms with Crippen molar-refractivity contribution in [3.05, 3.63) is 12.2 Å². The lowest BCUT2D eigenvalue weighted by molar-refractivity contribution is -0.190. The van der Waals surface area contributed by atoms with E-state index in [0.717, 1.165) is 0 Å². The summed E-state index contributed by atoms with van der Waals surface area (Å²) in [5.74, 6) is -1.84. The summed E-state index contributed by atoms with van der Waals surface area (Å²) in [4.78, 5) is 12.8. The average Bonchev–Trinajstić information content (AvgIpc) is 2.14. The van der Waals surface area contributed by atoms with Gasteiger partial charge in [-0.25, -0.2) is 0 Å². The van der Waals surface area contributed by atoms with Gasteiger partial charge in [-0.3, -0.25) is 4.79 Å². The summed E-state index contributed by atoms with van der Waals surface area (Å²) in [6.07, 6.45) is -4.42. The van der Waals surface area contributed by atoms with Crippen LogP contribution in [0.4, 0.5) is 13.2 Å². The van der Waals surface area contributed by atoms with Crippen LogP contribution in [0.15, 0.2) is 12.2 Å². The Kier molecular flexibility index (Phi) is 3.62. The molecule has 2 unspecified atom stereocenters. The Morgan fingerprint density at radius 2 is 2.06 bits per heavy atom. The molecule has 0 radical (unpaired) electrons. The third kappa shape index (κ3) is 2.75. The quantitative estimate of drug-likeness (QED) is 0.697. The molecule has 0 bridgehead atoms. The number of carbonyl (C=O) groups excluding carboxylic acids is 1. The van der Waals surface area contributed by atoms with Crippen LogP contribution in [0.2, 0.25) is 0 Å². The van der Waals surface area contributed by atoms with E-state index in [-0.39, 0.29) is 25.4 Å². The van der Waals surface area contributed by atoms with Crippen molar-refractivity contribution in [3.8, 4) is 0 Å². The van der Waals surface area contributed by atoms with Crippen molar-refractivity contribution >= 4 is 5.91 Å². The third-order valence-electron chi connectivity index (χ3n) is 2.73. The van der Waals surface area contributed by atoms with Gasteiger partial charge in [0, 0.05) is 24.7 Å². The second kappa shape index (κ2) is 4.45. The second-order valence-corrected chi connectivity index (χ2v) is 4.13. The Morgan fingerprint density at radius 1 is 1.50 bits per heavy atom. The Hall–Kier alpha value is -1.04. The van der Waals surface area contributed by atoms with Crippen molar-refractivity contribution < 1.29 is 18.0 Å². The highest BCUT2D eigenvalue weighted by Crippen LogP contribution is 2.33. The molecule has 1 heterocycles. The van der Waals surface area contributed by atoms with Gasteiger partial charge >= 0.3 is 6.18 Å². The second-order valence-electron chi connectivity index (χ2n) is 4.13. The third-order valence-corrected chi connectivity index (χ3v) is 2.73. The number of hydrogen-bond donors (Lipinski definition) is 1. The molecule has 92 valence electrons. The SMILES string of the molecule is C=C(C)C(=O)N1CCC(C(F)(F)F)C(N)C1. The average molecular weight is 236 g/mol. The standard InChI is InChI=1S/C10H15F3N2O/c1-6(2)9(16)15-4-3-7(8(14)5-15)10(11,12)13/h7-8H,1,3-5,14H2,2H3. The van der Waals surface area contributed by atoms with Gasteiger partial charge in [-0.05, 0) is 13.3 Å². The first-order valence-electron chi connectivity index (χ1n) is 5.00. The molecule has 2 N–H and O–H groups in total. The lowest BCUT2D eigenvalue weighted by Gasteiger charge is -2.37. The fraction of sp³-hybridized carbons (Fsp3) is 0.700. The molecule has 1 saturated heterocycles. The van der Waals surface area contributed by atoms with E-state index in [9.17, 15) is 18.0 Å². The first-order chi connectivity index (χ1) is 7.23. The fourth-order valence-electron chi connectivity index (χ4n) is 1.84. The molecule has 0 aromatic carbocycles. The number of likely N-dealkylation sites (tertiary alicyclic amines) is 1. The van der Waals surface area contributed by atoms with E-state index in [1.807, 2.05) is 0 Å². The summed E-state index contributed by atoms with van der Waals surface area (Å²) in [6.45, 7) is 5.03. The number of carbonyl (C=O) groups is 1. The van der Waals surface area contributed by atoms with Crippen LogP contribution in [0, 0.1) is 5.92 Å². The summed E-state index contributed by atoms with van der Waals surface area (Å²) in [7, 11) is 0. The van der Waals surface area contributed by atoms with Crippen molar-refractivity contribution in [2.24, 2.45) is 11.7 Å². The van der Waals surface area contributed by atoms with E-state index in [0.29, 0.717) is 5.57 Å². The van der Waals surface area contributed by atoms with E-state index in [1.54, 1.807) is 0 Å². The Balaban J connectivity index is 2.65. The van der Waals surface area contributed by atoms with Gasteiger partial charge in [-0.1, -0.05) is 6.58 Å². The molecule has 1 aliphatic rings. The van der Waals surface area contributed by atoms with Crippen molar-refractivity contribution in [1.82, 2.24) is 4.90 Å². The number of nitrogens with zero attached hydrogens (tertiary/aromatic N) is 1. The molecule has 1 amide bonds. The molecular formula is C10H15F3N2O. The van der Waals surface area contributed by atoms with Crippen LogP contribution in [0.25, 0.3) is 0 Å². The van der Waals surface area contributed by atoms with Crippen LogP contribution in [-0.4, -0.2) is 36.1 Å². The van der Waals surface area contributed by atoms with Crippen molar-refractivity contribution in [2.75, 3.05) is 13.1 Å². The summed E-state index contributed by atoms with van der Waals surface area (Å²) in [5, 5.41) is 0. The molecule has 1 fully saturated rings. The van der Waals surface area contributed by atoms with Gasteiger partial charge in [0.2, 0.25) is 5.91 Å². The molecule has 1 aliphatic heterocycles. The number of alkyl halides is 3. The largest absolute Gasteiger partial charge is 0.393 e. The van der Waals surface area contributed by atoms with Gasteiger partial charge in [0.25, 0.3) is 0 Å². The molecule has 2 atom stereocenters. The number of hydrogen-bond acceptors (Lipinski definition) is 2. The number of nitrogens with two attached hydrogens (primary N) is 1. The molecule has 0 aromatic heterocycles. The molecule has 0 aliphatic carbocycles. The van der Waals surface area contributed by atoms with Crippen LogP contribution in [0.5, 0.6) is 0 Å². The van der Waals surface area contributed by atoms with Crippen molar-refractivity contribution in [2.45, 2.75) is 25.6 Å². The van der Waals surface area contributed by atoms with Gasteiger partial charge in [0.1, 0.15) is 0 Å². The number of piperidine rings is 1.